The first-order valence-electron chi connectivity index (χ1n) is 16.2. The number of nitrogens with zero attached hydrogens (tertiary/aromatic N) is 4. The lowest BCUT2D eigenvalue weighted by atomic mass is 9.98. The largest absolute Gasteiger partial charge is 0.228 e. The molecule has 0 saturated heterocycles. The highest BCUT2D eigenvalue weighted by Crippen LogP contribution is 2.40. The smallest absolute Gasteiger partial charge is 0.160 e. The Morgan fingerprint density at radius 1 is 0.347 bits per heavy atom. The molecule has 0 aliphatic rings. The van der Waals surface area contributed by atoms with Crippen LogP contribution in [-0.4, -0.2) is 19.9 Å². The fraction of sp³-hybridized carbons (Fsp3) is 0. The van der Waals surface area contributed by atoms with Gasteiger partial charge in [-0.3, -0.25) is 0 Å². The molecule has 0 saturated carbocycles. The van der Waals surface area contributed by atoms with E-state index in [1.807, 2.05) is 54.6 Å². The Balaban J connectivity index is 1.17. The van der Waals surface area contributed by atoms with Crippen molar-refractivity contribution < 1.29 is 0 Å². The number of rotatable bonds is 6. The maximum Gasteiger partial charge on any atom is 0.160 e. The first kappa shape index (κ1) is 28.9. The van der Waals surface area contributed by atoms with E-state index in [-0.39, 0.29) is 0 Å². The van der Waals surface area contributed by atoms with Crippen molar-refractivity contribution in [2.75, 3.05) is 0 Å². The van der Waals surface area contributed by atoms with Gasteiger partial charge in [0.2, 0.25) is 0 Å². The number of hydrogen-bond acceptors (Lipinski definition) is 5. The number of hydrogen-bond donors (Lipinski definition) is 0. The Hall–Kier alpha value is -6.30. The van der Waals surface area contributed by atoms with Gasteiger partial charge in [-0.1, -0.05) is 146 Å². The van der Waals surface area contributed by atoms with Gasteiger partial charge in [0, 0.05) is 37.9 Å². The Kier molecular flexibility index (Phi) is 7.30. The third-order valence-electron chi connectivity index (χ3n) is 8.71. The van der Waals surface area contributed by atoms with Gasteiger partial charge < -0.3 is 0 Å². The molecule has 230 valence electrons. The molecule has 0 aliphatic carbocycles. The third kappa shape index (κ3) is 5.56. The molecule has 5 heteroatoms. The van der Waals surface area contributed by atoms with Crippen LogP contribution in [0, 0.1) is 0 Å². The molecule has 0 unspecified atom stereocenters. The molecule has 0 fully saturated rings. The minimum atomic E-state index is 0.703. The summed E-state index contributed by atoms with van der Waals surface area (Å²) in [5.74, 6) is 1.43. The Labute approximate surface area is 288 Å². The van der Waals surface area contributed by atoms with Crippen LogP contribution in [0.5, 0.6) is 0 Å². The van der Waals surface area contributed by atoms with E-state index in [0.29, 0.717) is 5.82 Å². The molecule has 9 rings (SSSR count). The standard InChI is InChI=1S/C44H28N4S/c1-4-14-29(15-5-1)37-28-38(46-43(45-37)30-16-6-2-7-17-30)34-22-12-20-32(26-34)33-21-13-23-35(27-33)40-42-41(36-24-10-11-25-39(36)49-42)48-44(47-40)31-18-8-3-9-19-31/h1-28H. The first-order valence-corrected chi connectivity index (χ1v) is 17.0. The van der Waals surface area contributed by atoms with Crippen molar-refractivity contribution in [3.05, 3.63) is 170 Å². The Morgan fingerprint density at radius 2 is 0.837 bits per heavy atom. The Morgan fingerprint density at radius 3 is 1.51 bits per heavy atom. The van der Waals surface area contributed by atoms with Gasteiger partial charge in [0.1, 0.15) is 0 Å². The lowest BCUT2D eigenvalue weighted by Gasteiger charge is -2.11. The van der Waals surface area contributed by atoms with Crippen molar-refractivity contribution in [2.45, 2.75) is 0 Å². The molecular formula is C44H28N4S. The van der Waals surface area contributed by atoms with Gasteiger partial charge in [0.15, 0.2) is 11.6 Å². The van der Waals surface area contributed by atoms with E-state index >= 15 is 0 Å². The van der Waals surface area contributed by atoms with E-state index < -0.39 is 0 Å². The molecule has 3 aromatic heterocycles. The summed E-state index contributed by atoms with van der Waals surface area (Å²) in [6.45, 7) is 0. The number of thiophene rings is 1. The van der Waals surface area contributed by atoms with Crippen LogP contribution in [0.2, 0.25) is 0 Å². The maximum atomic E-state index is 5.20. The second-order valence-electron chi connectivity index (χ2n) is 11.9. The van der Waals surface area contributed by atoms with Crippen LogP contribution in [0.3, 0.4) is 0 Å². The quantitative estimate of drug-likeness (QED) is 0.181. The highest BCUT2D eigenvalue weighted by atomic mass is 32.1. The van der Waals surface area contributed by atoms with Crippen molar-refractivity contribution in [3.8, 4) is 67.7 Å². The average molecular weight is 645 g/mol. The highest BCUT2D eigenvalue weighted by Gasteiger charge is 2.17. The van der Waals surface area contributed by atoms with Gasteiger partial charge in [0.05, 0.1) is 27.3 Å². The molecule has 0 aliphatic heterocycles. The number of benzene rings is 6. The van der Waals surface area contributed by atoms with Crippen molar-refractivity contribution in [1.29, 1.82) is 0 Å². The summed E-state index contributed by atoms with van der Waals surface area (Å²) >= 11 is 1.75. The topological polar surface area (TPSA) is 51.6 Å². The summed E-state index contributed by atoms with van der Waals surface area (Å²) < 4.78 is 2.30. The van der Waals surface area contributed by atoms with E-state index in [0.717, 1.165) is 77.5 Å². The summed E-state index contributed by atoms with van der Waals surface area (Å²) in [6.07, 6.45) is 0. The van der Waals surface area contributed by atoms with Crippen LogP contribution in [0.15, 0.2) is 170 Å². The van der Waals surface area contributed by atoms with Crippen molar-refractivity contribution in [2.24, 2.45) is 0 Å². The zero-order valence-electron chi connectivity index (χ0n) is 26.4. The molecule has 0 atom stereocenters. The fourth-order valence-electron chi connectivity index (χ4n) is 6.28. The fourth-order valence-corrected chi connectivity index (χ4v) is 7.43. The van der Waals surface area contributed by atoms with Crippen LogP contribution >= 0.6 is 11.3 Å². The first-order chi connectivity index (χ1) is 24.3. The maximum absolute atomic E-state index is 5.20. The van der Waals surface area contributed by atoms with Crippen molar-refractivity contribution in [3.63, 3.8) is 0 Å². The molecule has 4 nitrogen and oxygen atoms in total. The molecule has 0 bridgehead atoms. The zero-order chi connectivity index (χ0) is 32.6. The Bertz CT molecular complexity index is 2540. The molecule has 0 N–H and O–H groups in total. The summed E-state index contributed by atoms with van der Waals surface area (Å²) in [7, 11) is 0. The van der Waals surface area contributed by atoms with Gasteiger partial charge in [0.25, 0.3) is 0 Å². The minimum absolute atomic E-state index is 0.703. The molecule has 3 heterocycles. The monoisotopic (exact) mass is 644 g/mol. The van der Waals surface area contributed by atoms with E-state index in [9.17, 15) is 0 Å². The van der Waals surface area contributed by atoms with Crippen molar-refractivity contribution in [1.82, 2.24) is 19.9 Å². The normalized spacial score (nSPS) is 11.3. The summed E-state index contributed by atoms with van der Waals surface area (Å²) in [4.78, 5) is 20.3. The zero-order valence-corrected chi connectivity index (χ0v) is 27.2. The predicted molar refractivity (Wildman–Crippen MR) is 203 cm³/mol. The van der Waals surface area contributed by atoms with Gasteiger partial charge in [-0.25, -0.2) is 19.9 Å². The van der Waals surface area contributed by atoms with Gasteiger partial charge in [-0.2, -0.15) is 0 Å². The molecule has 0 spiro atoms. The van der Waals surface area contributed by atoms with E-state index in [4.69, 9.17) is 19.9 Å². The predicted octanol–water partition coefficient (Wildman–Crippen LogP) is 11.6. The van der Waals surface area contributed by atoms with E-state index in [1.165, 1.54) is 4.70 Å². The molecule has 0 amide bonds. The average Bonchev–Trinajstić information content (AvgIpc) is 3.57. The van der Waals surface area contributed by atoms with E-state index in [2.05, 4.69) is 115 Å². The minimum Gasteiger partial charge on any atom is -0.228 e. The second-order valence-corrected chi connectivity index (χ2v) is 12.9. The number of fused-ring (bicyclic) bond motifs is 3. The summed E-state index contributed by atoms with van der Waals surface area (Å²) in [5, 5.41) is 1.15. The summed E-state index contributed by atoms with van der Waals surface area (Å²) in [5.41, 5.74) is 11.0. The molecule has 49 heavy (non-hydrogen) atoms. The SMILES string of the molecule is c1ccc(-c2cc(-c3cccc(-c4cccc(-c5nc(-c6ccccc6)nc6c5sc5ccccc56)c4)c3)nc(-c3ccccc3)n2)cc1. The van der Waals surface area contributed by atoms with Crippen LogP contribution in [0.25, 0.3) is 88.0 Å². The van der Waals surface area contributed by atoms with Crippen LogP contribution in [0.4, 0.5) is 0 Å². The van der Waals surface area contributed by atoms with E-state index in [1.54, 1.807) is 11.3 Å². The third-order valence-corrected chi connectivity index (χ3v) is 9.87. The number of aromatic nitrogens is 4. The van der Waals surface area contributed by atoms with Gasteiger partial charge in [-0.15, -0.1) is 11.3 Å². The van der Waals surface area contributed by atoms with Crippen LogP contribution in [-0.2, 0) is 0 Å². The lowest BCUT2D eigenvalue weighted by Crippen LogP contribution is -1.96. The molecule has 6 aromatic carbocycles. The van der Waals surface area contributed by atoms with Crippen LogP contribution in [0.1, 0.15) is 0 Å². The van der Waals surface area contributed by atoms with Gasteiger partial charge in [-0.05, 0) is 35.4 Å². The molecular weight excluding hydrogens is 617 g/mol. The van der Waals surface area contributed by atoms with Crippen LogP contribution < -0.4 is 0 Å². The summed E-state index contributed by atoms with van der Waals surface area (Å²) in [6, 6.07) is 58.5. The highest BCUT2D eigenvalue weighted by molar-refractivity contribution is 7.26. The molecule has 9 aromatic rings. The lowest BCUT2D eigenvalue weighted by molar-refractivity contribution is 1.18. The van der Waals surface area contributed by atoms with Crippen molar-refractivity contribution >= 4 is 31.6 Å². The molecule has 0 radical (unpaired) electrons. The second kappa shape index (κ2) is 12.4. The van der Waals surface area contributed by atoms with Gasteiger partial charge >= 0.3 is 0 Å².